The van der Waals surface area contributed by atoms with E-state index in [1.165, 1.54) is 0 Å². The van der Waals surface area contributed by atoms with Gasteiger partial charge in [0.25, 0.3) is 5.91 Å². The van der Waals surface area contributed by atoms with Crippen LogP contribution in [0.2, 0.25) is 0 Å². The van der Waals surface area contributed by atoms with E-state index in [0.717, 1.165) is 11.3 Å². The molecule has 88 valence electrons. The number of hydrogen-bond donors (Lipinski definition) is 2. The molecule has 2 aromatic heterocycles. The van der Waals surface area contributed by atoms with E-state index in [1.807, 2.05) is 12.1 Å². The first kappa shape index (κ1) is 11.2. The summed E-state index contributed by atoms with van der Waals surface area (Å²) in [5.74, 6) is -0.197. The average molecular weight is 231 g/mol. The van der Waals surface area contributed by atoms with Gasteiger partial charge in [-0.25, -0.2) is 0 Å². The Bertz CT molecular complexity index is 494. The first-order chi connectivity index (χ1) is 8.29. The van der Waals surface area contributed by atoms with Crippen molar-refractivity contribution in [2.45, 2.75) is 6.54 Å². The summed E-state index contributed by atoms with van der Waals surface area (Å²) < 4.78 is 4.97. The van der Waals surface area contributed by atoms with Crippen LogP contribution in [0.15, 0.2) is 41.3 Å². The van der Waals surface area contributed by atoms with Crippen LogP contribution >= 0.6 is 0 Å². The number of carbonyl (C=O) groups excluding carboxylic acids is 1. The van der Waals surface area contributed by atoms with Crippen molar-refractivity contribution < 1.29 is 9.21 Å². The molecule has 1 amide bonds. The van der Waals surface area contributed by atoms with Crippen LogP contribution in [0.25, 0.3) is 0 Å². The Balaban J connectivity index is 2.03. The molecule has 2 N–H and O–H groups in total. The first-order valence-electron chi connectivity index (χ1n) is 5.22. The Labute approximate surface area is 98.9 Å². The molecule has 0 aliphatic carbocycles. The molecule has 0 aromatic carbocycles. The predicted molar refractivity (Wildman–Crippen MR) is 63.7 cm³/mol. The summed E-state index contributed by atoms with van der Waals surface area (Å²) in [6.45, 7) is 0.647. The molecule has 0 radical (unpaired) electrons. The predicted octanol–water partition coefficient (Wildman–Crippen LogP) is 1.65. The summed E-state index contributed by atoms with van der Waals surface area (Å²) in [5.41, 5.74) is 2.28. The second-order valence-corrected chi connectivity index (χ2v) is 3.49. The van der Waals surface area contributed by atoms with Gasteiger partial charge in [-0.1, -0.05) is 0 Å². The molecule has 0 spiro atoms. The zero-order valence-corrected chi connectivity index (χ0v) is 9.43. The van der Waals surface area contributed by atoms with Gasteiger partial charge in [0.2, 0.25) is 0 Å². The third kappa shape index (κ3) is 2.84. The maximum atomic E-state index is 11.4. The summed E-state index contributed by atoms with van der Waals surface area (Å²) in [4.78, 5) is 15.4. The fraction of sp³-hybridized carbons (Fsp3) is 0.167. The number of anilines is 1. The molecule has 0 atom stereocenters. The van der Waals surface area contributed by atoms with E-state index in [2.05, 4.69) is 15.6 Å². The number of amides is 1. The lowest BCUT2D eigenvalue weighted by Crippen LogP contribution is -2.19. The number of carbonyl (C=O) groups is 1. The zero-order chi connectivity index (χ0) is 12.1. The largest absolute Gasteiger partial charge is 0.472 e. The smallest absolute Gasteiger partial charge is 0.269 e. The van der Waals surface area contributed by atoms with Gasteiger partial charge in [-0.05, 0) is 18.2 Å². The molecule has 0 aliphatic heterocycles. The van der Waals surface area contributed by atoms with Crippen molar-refractivity contribution in [3.8, 4) is 0 Å². The van der Waals surface area contributed by atoms with E-state index in [4.69, 9.17) is 4.42 Å². The van der Waals surface area contributed by atoms with E-state index in [0.29, 0.717) is 12.2 Å². The molecule has 17 heavy (non-hydrogen) atoms. The van der Waals surface area contributed by atoms with Crippen molar-refractivity contribution in [2.24, 2.45) is 0 Å². The highest BCUT2D eigenvalue weighted by molar-refractivity contribution is 5.92. The molecule has 5 nitrogen and oxygen atoms in total. The van der Waals surface area contributed by atoms with Gasteiger partial charge >= 0.3 is 0 Å². The topological polar surface area (TPSA) is 67.2 Å². The number of nitrogens with zero attached hydrogens (tertiary/aromatic N) is 1. The number of furan rings is 1. The SMILES string of the molecule is CNC(=O)c1cc(NCc2ccoc2)ccn1. The number of aromatic nitrogens is 1. The Morgan fingerprint density at radius 1 is 1.47 bits per heavy atom. The van der Waals surface area contributed by atoms with Crippen molar-refractivity contribution in [3.63, 3.8) is 0 Å². The lowest BCUT2D eigenvalue weighted by molar-refractivity contribution is 0.0958. The maximum Gasteiger partial charge on any atom is 0.269 e. The molecule has 0 aliphatic rings. The lowest BCUT2D eigenvalue weighted by Gasteiger charge is -2.05. The summed E-state index contributed by atoms with van der Waals surface area (Å²) in [6, 6.07) is 5.40. The lowest BCUT2D eigenvalue weighted by atomic mass is 10.3. The molecule has 0 saturated heterocycles. The van der Waals surface area contributed by atoms with Crippen LogP contribution in [0.5, 0.6) is 0 Å². The minimum absolute atomic E-state index is 0.197. The van der Waals surface area contributed by atoms with Crippen LogP contribution in [0, 0.1) is 0 Å². The third-order valence-electron chi connectivity index (χ3n) is 2.30. The minimum Gasteiger partial charge on any atom is -0.472 e. The molecular weight excluding hydrogens is 218 g/mol. The molecule has 0 unspecified atom stereocenters. The molecule has 0 fully saturated rings. The molecule has 2 heterocycles. The normalized spacial score (nSPS) is 9.94. The van der Waals surface area contributed by atoms with Gasteiger partial charge in [-0.15, -0.1) is 0 Å². The van der Waals surface area contributed by atoms with Gasteiger partial charge in [0, 0.05) is 31.0 Å². The van der Waals surface area contributed by atoms with Crippen LogP contribution in [0.4, 0.5) is 5.69 Å². The maximum absolute atomic E-state index is 11.4. The average Bonchev–Trinajstić information content (AvgIpc) is 2.89. The molecular formula is C12H13N3O2. The van der Waals surface area contributed by atoms with Crippen LogP contribution in [0.1, 0.15) is 16.1 Å². The van der Waals surface area contributed by atoms with E-state index in [1.54, 1.807) is 31.8 Å². The fourth-order valence-electron chi connectivity index (χ4n) is 1.39. The minimum atomic E-state index is -0.197. The highest BCUT2D eigenvalue weighted by atomic mass is 16.3. The van der Waals surface area contributed by atoms with Gasteiger partial charge in [0.15, 0.2) is 0 Å². The van der Waals surface area contributed by atoms with Crippen LogP contribution in [-0.2, 0) is 6.54 Å². The van der Waals surface area contributed by atoms with Crippen LogP contribution in [-0.4, -0.2) is 17.9 Å². The fourth-order valence-corrected chi connectivity index (χ4v) is 1.39. The summed E-state index contributed by atoms with van der Waals surface area (Å²) >= 11 is 0. The van der Waals surface area contributed by atoms with Crippen molar-refractivity contribution in [1.29, 1.82) is 0 Å². The Morgan fingerprint density at radius 3 is 3.06 bits per heavy atom. The number of rotatable bonds is 4. The number of pyridine rings is 1. The van der Waals surface area contributed by atoms with Crippen LogP contribution < -0.4 is 10.6 Å². The first-order valence-corrected chi connectivity index (χ1v) is 5.22. The van der Waals surface area contributed by atoms with Crippen molar-refractivity contribution in [3.05, 3.63) is 48.2 Å². The third-order valence-corrected chi connectivity index (χ3v) is 2.30. The van der Waals surface area contributed by atoms with Crippen molar-refractivity contribution in [2.75, 3.05) is 12.4 Å². The van der Waals surface area contributed by atoms with Crippen molar-refractivity contribution in [1.82, 2.24) is 10.3 Å². The summed E-state index contributed by atoms with van der Waals surface area (Å²) in [5, 5.41) is 5.72. The van der Waals surface area contributed by atoms with E-state index in [-0.39, 0.29) is 5.91 Å². The zero-order valence-electron chi connectivity index (χ0n) is 9.43. The highest BCUT2D eigenvalue weighted by Crippen LogP contribution is 2.10. The van der Waals surface area contributed by atoms with Gasteiger partial charge in [-0.2, -0.15) is 0 Å². The van der Waals surface area contributed by atoms with Crippen molar-refractivity contribution >= 4 is 11.6 Å². The highest BCUT2D eigenvalue weighted by Gasteiger charge is 2.05. The molecule has 0 saturated carbocycles. The molecule has 2 rings (SSSR count). The second kappa shape index (κ2) is 5.16. The summed E-state index contributed by atoms with van der Waals surface area (Å²) in [6.07, 6.45) is 4.90. The Kier molecular flexibility index (Phi) is 3.40. The van der Waals surface area contributed by atoms with Gasteiger partial charge < -0.3 is 15.1 Å². The number of nitrogens with one attached hydrogen (secondary N) is 2. The van der Waals surface area contributed by atoms with Gasteiger partial charge in [0.1, 0.15) is 5.69 Å². The molecule has 0 bridgehead atoms. The Morgan fingerprint density at radius 2 is 2.35 bits per heavy atom. The standard InChI is InChI=1S/C12H13N3O2/c1-13-12(16)11-6-10(2-4-14-11)15-7-9-3-5-17-8-9/h2-6,8H,7H2,1H3,(H,13,16)(H,14,15). The Hall–Kier alpha value is -2.30. The molecule has 5 heteroatoms. The quantitative estimate of drug-likeness (QED) is 0.839. The van der Waals surface area contributed by atoms with Crippen LogP contribution in [0.3, 0.4) is 0 Å². The van der Waals surface area contributed by atoms with Gasteiger partial charge in [0.05, 0.1) is 12.5 Å². The van der Waals surface area contributed by atoms with E-state index < -0.39 is 0 Å². The molecule has 2 aromatic rings. The van der Waals surface area contributed by atoms with E-state index in [9.17, 15) is 4.79 Å². The van der Waals surface area contributed by atoms with Gasteiger partial charge in [-0.3, -0.25) is 9.78 Å². The number of hydrogen-bond acceptors (Lipinski definition) is 4. The monoisotopic (exact) mass is 231 g/mol. The van der Waals surface area contributed by atoms with E-state index >= 15 is 0 Å². The summed E-state index contributed by atoms with van der Waals surface area (Å²) in [7, 11) is 1.58. The second-order valence-electron chi connectivity index (χ2n) is 3.49.